The second-order valence-electron chi connectivity index (χ2n) is 4.22. The summed E-state index contributed by atoms with van der Waals surface area (Å²) in [6, 6.07) is 2.90. The molecule has 1 aromatic carbocycles. The van der Waals surface area contributed by atoms with Crippen LogP contribution in [0.3, 0.4) is 0 Å². The maximum absolute atomic E-state index is 13.3. The summed E-state index contributed by atoms with van der Waals surface area (Å²) in [6.45, 7) is 6.44. The third-order valence-corrected chi connectivity index (χ3v) is 2.46. The Morgan fingerprint density at radius 2 is 2.13 bits per heavy atom. The number of rotatable bonds is 1. The summed E-state index contributed by atoms with van der Waals surface area (Å²) in [4.78, 5) is 0. The van der Waals surface area contributed by atoms with Crippen molar-refractivity contribution >= 4 is 0 Å². The maximum atomic E-state index is 13.3. The molecule has 0 amide bonds. The van der Waals surface area contributed by atoms with Gasteiger partial charge in [-0.1, -0.05) is 13.8 Å². The summed E-state index contributed by atoms with van der Waals surface area (Å²) in [7, 11) is 0. The quantitative estimate of drug-likeness (QED) is 0.709. The van der Waals surface area contributed by atoms with Crippen LogP contribution < -0.4 is 9.47 Å². The Balaban J connectivity index is 2.50. The molecule has 0 radical (unpaired) electrons. The van der Waals surface area contributed by atoms with Gasteiger partial charge in [0.15, 0.2) is 11.5 Å². The van der Waals surface area contributed by atoms with Crippen molar-refractivity contribution in [3.63, 3.8) is 0 Å². The summed E-state index contributed by atoms with van der Waals surface area (Å²) < 4.78 is 24.4. The van der Waals surface area contributed by atoms with E-state index in [0.29, 0.717) is 18.1 Å². The largest absolute Gasteiger partial charge is 0.486 e. The van der Waals surface area contributed by atoms with E-state index in [-0.39, 0.29) is 17.8 Å². The Kier molecular flexibility index (Phi) is 2.55. The van der Waals surface area contributed by atoms with Crippen LogP contribution in [0.5, 0.6) is 11.5 Å². The number of fused-ring (bicyclic) bond motifs is 1. The smallest absolute Gasteiger partial charge is 0.165 e. The summed E-state index contributed by atoms with van der Waals surface area (Å²) in [5, 5.41) is 0. The normalized spacial score (nSPS) is 19.4. The van der Waals surface area contributed by atoms with E-state index < -0.39 is 0 Å². The number of hydrogen-bond acceptors (Lipinski definition) is 2. The van der Waals surface area contributed by atoms with Crippen molar-refractivity contribution in [2.24, 2.45) is 0 Å². The van der Waals surface area contributed by atoms with Gasteiger partial charge in [-0.25, -0.2) is 4.39 Å². The van der Waals surface area contributed by atoms with E-state index in [1.54, 1.807) is 0 Å². The maximum Gasteiger partial charge on any atom is 0.165 e. The topological polar surface area (TPSA) is 18.5 Å². The predicted molar refractivity (Wildman–Crippen MR) is 56.1 cm³/mol. The van der Waals surface area contributed by atoms with Gasteiger partial charge < -0.3 is 9.47 Å². The fourth-order valence-electron chi connectivity index (χ4n) is 1.69. The first kappa shape index (κ1) is 10.3. The summed E-state index contributed by atoms with van der Waals surface area (Å²) in [5.74, 6) is 1.18. The number of hydrogen-bond donors (Lipinski definition) is 0. The molecule has 0 saturated carbocycles. The lowest BCUT2D eigenvalue weighted by molar-refractivity contribution is 0.102. The average Bonchev–Trinajstić information content (AvgIpc) is 2.17. The monoisotopic (exact) mass is 210 g/mol. The van der Waals surface area contributed by atoms with Crippen LogP contribution in [0.15, 0.2) is 12.1 Å². The van der Waals surface area contributed by atoms with Gasteiger partial charge in [0.25, 0.3) is 0 Å². The van der Waals surface area contributed by atoms with Gasteiger partial charge in [0.2, 0.25) is 0 Å². The number of benzene rings is 1. The highest BCUT2D eigenvalue weighted by Gasteiger charge is 2.23. The van der Waals surface area contributed by atoms with E-state index in [9.17, 15) is 4.39 Å². The van der Waals surface area contributed by atoms with Crippen LogP contribution in [0.2, 0.25) is 0 Å². The van der Waals surface area contributed by atoms with E-state index in [2.05, 4.69) is 0 Å². The van der Waals surface area contributed by atoms with Gasteiger partial charge in [0, 0.05) is 11.6 Å². The molecule has 1 unspecified atom stereocenters. The number of halogens is 1. The molecule has 0 saturated heterocycles. The molecule has 82 valence electrons. The number of ether oxygens (including phenoxy) is 2. The predicted octanol–water partition coefficient (Wildman–Crippen LogP) is 3.11. The molecule has 0 spiro atoms. The lowest BCUT2D eigenvalue weighted by atomic mass is 10.0. The fraction of sp³-hybridized carbons (Fsp3) is 0.500. The molecular formula is C12H15FO2. The van der Waals surface area contributed by atoms with E-state index in [1.807, 2.05) is 20.8 Å². The van der Waals surface area contributed by atoms with Gasteiger partial charge in [-0.15, -0.1) is 0 Å². The summed E-state index contributed by atoms with van der Waals surface area (Å²) in [5.41, 5.74) is 0.872. The van der Waals surface area contributed by atoms with Crippen molar-refractivity contribution in [1.82, 2.24) is 0 Å². The molecule has 1 atom stereocenters. The molecule has 1 aliphatic rings. The summed E-state index contributed by atoms with van der Waals surface area (Å²) >= 11 is 0. The summed E-state index contributed by atoms with van der Waals surface area (Å²) in [6.07, 6.45) is 0.0282. The van der Waals surface area contributed by atoms with E-state index in [4.69, 9.17) is 9.47 Å². The van der Waals surface area contributed by atoms with Crippen LogP contribution in [0.4, 0.5) is 4.39 Å². The minimum atomic E-state index is -0.268. The Morgan fingerprint density at radius 1 is 1.40 bits per heavy atom. The molecule has 0 aliphatic carbocycles. The minimum Gasteiger partial charge on any atom is -0.486 e. The van der Waals surface area contributed by atoms with Crippen molar-refractivity contribution in [2.75, 3.05) is 6.61 Å². The zero-order valence-corrected chi connectivity index (χ0v) is 9.21. The Morgan fingerprint density at radius 3 is 2.80 bits per heavy atom. The lowest BCUT2D eigenvalue weighted by Crippen LogP contribution is -2.26. The molecule has 2 rings (SSSR count). The average molecular weight is 210 g/mol. The second-order valence-corrected chi connectivity index (χ2v) is 4.22. The van der Waals surface area contributed by atoms with Crippen molar-refractivity contribution in [1.29, 1.82) is 0 Å². The van der Waals surface area contributed by atoms with Gasteiger partial charge in [-0.3, -0.25) is 0 Å². The van der Waals surface area contributed by atoms with Crippen molar-refractivity contribution in [3.8, 4) is 11.5 Å². The zero-order valence-electron chi connectivity index (χ0n) is 9.21. The van der Waals surface area contributed by atoms with E-state index in [1.165, 1.54) is 12.1 Å². The highest BCUT2D eigenvalue weighted by atomic mass is 19.1. The molecule has 1 heterocycles. The van der Waals surface area contributed by atoms with Crippen molar-refractivity contribution in [3.05, 3.63) is 23.5 Å². The molecular weight excluding hydrogens is 195 g/mol. The van der Waals surface area contributed by atoms with Crippen LogP contribution in [-0.2, 0) is 0 Å². The van der Waals surface area contributed by atoms with Crippen LogP contribution in [0.1, 0.15) is 32.3 Å². The SMILES string of the molecule is CC1COc2cc(F)cc(C(C)C)c2O1. The Hall–Kier alpha value is -1.25. The zero-order chi connectivity index (χ0) is 11.0. The third-order valence-electron chi connectivity index (χ3n) is 2.46. The highest BCUT2D eigenvalue weighted by molar-refractivity contribution is 5.49. The van der Waals surface area contributed by atoms with Crippen molar-refractivity contribution < 1.29 is 13.9 Å². The molecule has 1 aliphatic heterocycles. The van der Waals surface area contributed by atoms with Crippen LogP contribution in [0, 0.1) is 5.82 Å². The molecule has 0 aromatic heterocycles. The third kappa shape index (κ3) is 1.91. The molecule has 15 heavy (non-hydrogen) atoms. The molecule has 0 N–H and O–H groups in total. The Bertz CT molecular complexity index is 374. The first-order valence-corrected chi connectivity index (χ1v) is 5.21. The van der Waals surface area contributed by atoms with Gasteiger partial charge in [-0.2, -0.15) is 0 Å². The van der Waals surface area contributed by atoms with Crippen molar-refractivity contribution in [2.45, 2.75) is 32.8 Å². The molecule has 3 heteroatoms. The van der Waals surface area contributed by atoms with E-state index >= 15 is 0 Å². The molecule has 1 aromatic rings. The van der Waals surface area contributed by atoms with E-state index in [0.717, 1.165) is 5.56 Å². The first-order valence-electron chi connectivity index (χ1n) is 5.21. The lowest BCUT2D eigenvalue weighted by Gasteiger charge is -2.27. The van der Waals surface area contributed by atoms with Gasteiger partial charge in [0.1, 0.15) is 18.5 Å². The second kappa shape index (κ2) is 3.72. The van der Waals surface area contributed by atoms with Crippen LogP contribution in [0.25, 0.3) is 0 Å². The van der Waals surface area contributed by atoms with Gasteiger partial charge >= 0.3 is 0 Å². The highest BCUT2D eigenvalue weighted by Crippen LogP contribution is 2.39. The standard InChI is InChI=1S/C12H15FO2/c1-7(2)10-4-9(13)5-11-12(10)15-8(3)6-14-11/h4-5,7-8H,6H2,1-3H3. The first-order chi connectivity index (χ1) is 7.08. The molecule has 0 bridgehead atoms. The van der Waals surface area contributed by atoms with Crippen LogP contribution in [-0.4, -0.2) is 12.7 Å². The molecule has 0 fully saturated rings. The van der Waals surface area contributed by atoms with Gasteiger partial charge in [-0.05, 0) is 18.9 Å². The fourth-order valence-corrected chi connectivity index (χ4v) is 1.69. The van der Waals surface area contributed by atoms with Gasteiger partial charge in [0.05, 0.1) is 0 Å². The van der Waals surface area contributed by atoms with Crippen LogP contribution >= 0.6 is 0 Å². The minimum absolute atomic E-state index is 0.0282. The Labute approximate surface area is 89.0 Å². The molecule has 2 nitrogen and oxygen atoms in total.